The van der Waals surface area contributed by atoms with E-state index in [-0.39, 0.29) is 12.2 Å². The minimum atomic E-state index is -4.46. The summed E-state index contributed by atoms with van der Waals surface area (Å²) in [7, 11) is 1.37. The standard InChI is InChI=1S/C13H14F3NO3/c1-8(18)9-3-4-11(20-2)10(5-9)6-12(19)17-7-13(14,15)16/h3-5H,6-7H2,1-2H3,(H,17,19). The Balaban J connectivity index is 2.82. The van der Waals surface area contributed by atoms with E-state index in [9.17, 15) is 22.8 Å². The van der Waals surface area contributed by atoms with E-state index in [1.165, 1.54) is 32.2 Å². The van der Waals surface area contributed by atoms with Crippen molar-refractivity contribution in [1.82, 2.24) is 5.32 Å². The molecule has 7 heteroatoms. The average Bonchev–Trinajstić information content (AvgIpc) is 2.35. The predicted molar refractivity (Wildman–Crippen MR) is 65.8 cm³/mol. The molecule has 1 amide bonds. The molecule has 0 bridgehead atoms. The molecule has 4 nitrogen and oxygen atoms in total. The summed E-state index contributed by atoms with van der Waals surface area (Å²) < 4.78 is 41.0. The number of methoxy groups -OCH3 is 1. The number of carbonyl (C=O) groups excluding carboxylic acids is 2. The Labute approximate surface area is 113 Å². The molecule has 110 valence electrons. The third-order valence-electron chi connectivity index (χ3n) is 2.52. The Morgan fingerprint density at radius 3 is 2.45 bits per heavy atom. The first-order chi connectivity index (χ1) is 9.23. The van der Waals surface area contributed by atoms with Crippen molar-refractivity contribution < 1.29 is 27.5 Å². The molecule has 0 unspecified atom stereocenters. The van der Waals surface area contributed by atoms with Crippen molar-refractivity contribution in [3.63, 3.8) is 0 Å². The fourth-order valence-corrected chi connectivity index (χ4v) is 1.57. The number of benzene rings is 1. The summed E-state index contributed by atoms with van der Waals surface area (Å²) in [5.74, 6) is -0.650. The van der Waals surface area contributed by atoms with E-state index in [1.54, 1.807) is 5.32 Å². The summed E-state index contributed by atoms with van der Waals surface area (Å²) in [6.07, 6.45) is -4.75. The molecule has 0 heterocycles. The fraction of sp³-hybridized carbons (Fsp3) is 0.385. The number of hydrogen-bond donors (Lipinski definition) is 1. The van der Waals surface area contributed by atoms with Crippen LogP contribution in [0.5, 0.6) is 5.75 Å². The van der Waals surface area contributed by atoms with Crippen LogP contribution in [0.1, 0.15) is 22.8 Å². The van der Waals surface area contributed by atoms with Crippen molar-refractivity contribution in [2.45, 2.75) is 19.5 Å². The van der Waals surface area contributed by atoms with Crippen molar-refractivity contribution in [3.8, 4) is 5.75 Å². The Kier molecular flexibility index (Phi) is 5.12. The Morgan fingerprint density at radius 1 is 1.30 bits per heavy atom. The summed E-state index contributed by atoms with van der Waals surface area (Å²) in [4.78, 5) is 22.7. The fourth-order valence-electron chi connectivity index (χ4n) is 1.57. The van der Waals surface area contributed by atoms with E-state index in [1.807, 2.05) is 0 Å². The quantitative estimate of drug-likeness (QED) is 0.845. The van der Waals surface area contributed by atoms with Gasteiger partial charge in [-0.05, 0) is 25.1 Å². The van der Waals surface area contributed by atoms with Crippen LogP contribution in [0.25, 0.3) is 0 Å². The number of ether oxygens (including phenoxy) is 1. The Morgan fingerprint density at radius 2 is 1.95 bits per heavy atom. The molecule has 0 aliphatic heterocycles. The van der Waals surface area contributed by atoms with Gasteiger partial charge in [-0.25, -0.2) is 0 Å². The number of rotatable bonds is 5. The van der Waals surface area contributed by atoms with Crippen molar-refractivity contribution in [2.75, 3.05) is 13.7 Å². The number of amides is 1. The number of ketones is 1. The van der Waals surface area contributed by atoms with Gasteiger partial charge in [-0.1, -0.05) is 0 Å². The molecule has 1 aromatic carbocycles. The molecule has 0 atom stereocenters. The third-order valence-corrected chi connectivity index (χ3v) is 2.52. The molecule has 0 aliphatic carbocycles. The SMILES string of the molecule is COc1ccc(C(C)=O)cc1CC(=O)NCC(F)(F)F. The maximum atomic E-state index is 12.0. The number of nitrogens with one attached hydrogen (secondary N) is 1. The monoisotopic (exact) mass is 289 g/mol. The van der Waals surface area contributed by atoms with E-state index in [0.29, 0.717) is 16.9 Å². The van der Waals surface area contributed by atoms with Gasteiger partial charge in [0.15, 0.2) is 5.78 Å². The van der Waals surface area contributed by atoms with Crippen LogP contribution in [0.4, 0.5) is 13.2 Å². The first-order valence-corrected chi connectivity index (χ1v) is 5.74. The van der Waals surface area contributed by atoms with E-state index in [0.717, 1.165) is 0 Å². The summed E-state index contributed by atoms with van der Waals surface area (Å²) in [6.45, 7) is -0.0319. The van der Waals surface area contributed by atoms with E-state index >= 15 is 0 Å². The van der Waals surface area contributed by atoms with Gasteiger partial charge in [0, 0.05) is 11.1 Å². The molecular weight excluding hydrogens is 275 g/mol. The van der Waals surface area contributed by atoms with Gasteiger partial charge in [-0.2, -0.15) is 13.2 Å². The highest BCUT2D eigenvalue weighted by atomic mass is 19.4. The zero-order valence-electron chi connectivity index (χ0n) is 11.0. The first-order valence-electron chi connectivity index (χ1n) is 5.74. The third kappa shape index (κ3) is 4.91. The van der Waals surface area contributed by atoms with Gasteiger partial charge in [-0.3, -0.25) is 9.59 Å². The Hall–Kier alpha value is -2.05. The largest absolute Gasteiger partial charge is 0.496 e. The molecule has 0 aliphatic rings. The number of carbonyl (C=O) groups is 2. The summed E-state index contributed by atoms with van der Waals surface area (Å²) in [5, 5.41) is 1.77. The summed E-state index contributed by atoms with van der Waals surface area (Å²) in [6, 6.07) is 4.47. The molecule has 1 aromatic rings. The summed E-state index contributed by atoms with van der Waals surface area (Å²) in [5.41, 5.74) is 0.726. The summed E-state index contributed by atoms with van der Waals surface area (Å²) >= 11 is 0. The minimum absolute atomic E-state index is 0.204. The molecule has 1 rings (SSSR count). The average molecular weight is 289 g/mol. The lowest BCUT2D eigenvalue weighted by molar-refractivity contribution is -0.138. The minimum Gasteiger partial charge on any atom is -0.496 e. The molecule has 0 radical (unpaired) electrons. The second kappa shape index (κ2) is 6.40. The zero-order valence-corrected chi connectivity index (χ0v) is 11.0. The molecule has 0 aromatic heterocycles. The van der Waals surface area contributed by atoms with Gasteiger partial charge in [0.05, 0.1) is 13.5 Å². The van der Waals surface area contributed by atoms with Gasteiger partial charge < -0.3 is 10.1 Å². The topological polar surface area (TPSA) is 55.4 Å². The second-order valence-corrected chi connectivity index (χ2v) is 4.15. The highest BCUT2D eigenvalue weighted by Crippen LogP contribution is 2.21. The van der Waals surface area contributed by atoms with E-state index in [2.05, 4.69) is 0 Å². The first kappa shape index (κ1) is 16.0. The van der Waals surface area contributed by atoms with Crippen LogP contribution < -0.4 is 10.1 Å². The molecule has 20 heavy (non-hydrogen) atoms. The van der Waals surface area contributed by atoms with Crippen LogP contribution in [-0.4, -0.2) is 31.5 Å². The molecule has 1 N–H and O–H groups in total. The van der Waals surface area contributed by atoms with Crippen molar-refractivity contribution in [2.24, 2.45) is 0 Å². The Bertz CT molecular complexity index is 512. The maximum Gasteiger partial charge on any atom is 0.405 e. The van der Waals surface area contributed by atoms with Gasteiger partial charge >= 0.3 is 6.18 Å². The molecule has 0 spiro atoms. The highest BCUT2D eigenvalue weighted by Gasteiger charge is 2.27. The van der Waals surface area contributed by atoms with Gasteiger partial charge in [0.2, 0.25) is 5.91 Å². The van der Waals surface area contributed by atoms with Crippen molar-refractivity contribution in [1.29, 1.82) is 0 Å². The zero-order chi connectivity index (χ0) is 15.3. The number of halogens is 3. The smallest absolute Gasteiger partial charge is 0.405 e. The van der Waals surface area contributed by atoms with Crippen LogP contribution in [0.15, 0.2) is 18.2 Å². The molecular formula is C13H14F3NO3. The highest BCUT2D eigenvalue weighted by molar-refractivity contribution is 5.94. The number of hydrogen-bond acceptors (Lipinski definition) is 3. The number of alkyl halides is 3. The van der Waals surface area contributed by atoms with E-state index in [4.69, 9.17) is 4.74 Å². The number of Topliss-reactive ketones (excluding diaryl/α,β-unsaturated/α-hetero) is 1. The van der Waals surface area contributed by atoms with Crippen LogP contribution in [0.2, 0.25) is 0 Å². The van der Waals surface area contributed by atoms with Crippen LogP contribution in [0, 0.1) is 0 Å². The van der Waals surface area contributed by atoms with E-state index < -0.39 is 18.6 Å². The van der Waals surface area contributed by atoms with Crippen molar-refractivity contribution >= 4 is 11.7 Å². The van der Waals surface area contributed by atoms with Crippen LogP contribution >= 0.6 is 0 Å². The second-order valence-electron chi connectivity index (χ2n) is 4.15. The lowest BCUT2D eigenvalue weighted by Crippen LogP contribution is -2.34. The van der Waals surface area contributed by atoms with Gasteiger partial charge in [0.1, 0.15) is 12.3 Å². The molecule has 0 fully saturated rings. The lowest BCUT2D eigenvalue weighted by atomic mass is 10.0. The maximum absolute atomic E-state index is 12.0. The van der Waals surface area contributed by atoms with Crippen LogP contribution in [0.3, 0.4) is 0 Å². The van der Waals surface area contributed by atoms with Gasteiger partial charge in [0.25, 0.3) is 0 Å². The predicted octanol–water partition coefficient (Wildman–Crippen LogP) is 2.12. The lowest BCUT2D eigenvalue weighted by Gasteiger charge is -2.11. The van der Waals surface area contributed by atoms with Crippen LogP contribution in [-0.2, 0) is 11.2 Å². The van der Waals surface area contributed by atoms with Crippen molar-refractivity contribution in [3.05, 3.63) is 29.3 Å². The molecule has 0 saturated carbocycles. The van der Waals surface area contributed by atoms with Gasteiger partial charge in [-0.15, -0.1) is 0 Å². The molecule has 0 saturated heterocycles. The normalized spacial score (nSPS) is 11.1.